The Kier molecular flexibility index (Phi) is 7.35. The average molecular weight is 185 g/mol. The second kappa shape index (κ2) is 7.37. The molecule has 1 nitrogen and oxygen atoms in total. The Bertz CT molecular complexity index is 110. The Morgan fingerprint density at radius 1 is 1.15 bits per heavy atom. The Morgan fingerprint density at radius 2 is 1.77 bits per heavy atom. The van der Waals surface area contributed by atoms with E-state index in [4.69, 9.17) is 0 Å². The first kappa shape index (κ1) is 13.0. The van der Waals surface area contributed by atoms with Gasteiger partial charge in [0.2, 0.25) is 0 Å². The summed E-state index contributed by atoms with van der Waals surface area (Å²) >= 11 is 0. The van der Waals surface area contributed by atoms with E-state index in [0.29, 0.717) is 0 Å². The molecule has 0 aromatic carbocycles. The topological polar surface area (TPSA) is 12.0 Å². The van der Waals surface area contributed by atoms with Gasteiger partial charge in [-0.25, -0.2) is 0 Å². The van der Waals surface area contributed by atoms with Crippen molar-refractivity contribution in [3.63, 3.8) is 0 Å². The zero-order chi connectivity index (χ0) is 10.3. The number of hydrogen-bond acceptors (Lipinski definition) is 1. The van der Waals surface area contributed by atoms with E-state index in [2.05, 4.69) is 33.0 Å². The molecular formula is C12H27N. The molecule has 0 saturated carbocycles. The van der Waals surface area contributed by atoms with Crippen LogP contribution in [-0.4, -0.2) is 13.6 Å². The molecule has 0 heterocycles. The van der Waals surface area contributed by atoms with Gasteiger partial charge in [-0.1, -0.05) is 34.1 Å². The molecule has 0 aliphatic heterocycles. The predicted molar refractivity (Wildman–Crippen MR) is 60.9 cm³/mol. The fourth-order valence-electron chi connectivity index (χ4n) is 1.64. The second-order valence-corrected chi connectivity index (χ2v) is 4.62. The lowest BCUT2D eigenvalue weighted by Gasteiger charge is -2.22. The second-order valence-electron chi connectivity index (χ2n) is 4.62. The molecule has 0 aromatic rings. The molecule has 80 valence electrons. The molecule has 0 unspecified atom stereocenters. The van der Waals surface area contributed by atoms with Crippen LogP contribution in [0.4, 0.5) is 0 Å². The molecule has 1 heteroatoms. The molecule has 0 aliphatic carbocycles. The Balaban J connectivity index is 3.69. The largest absolute Gasteiger partial charge is 0.320 e. The standard InChI is InChI=1S/C12H27N/c1-6-12(7-8-13-5)9-11(4)10(2)3/h10-13H,6-9H2,1-5H3/t11-,12-/m1/s1. The quantitative estimate of drug-likeness (QED) is 0.641. The van der Waals surface area contributed by atoms with E-state index in [-0.39, 0.29) is 0 Å². The molecule has 0 amide bonds. The van der Waals surface area contributed by atoms with Gasteiger partial charge in [0.15, 0.2) is 0 Å². The van der Waals surface area contributed by atoms with Crippen molar-refractivity contribution >= 4 is 0 Å². The van der Waals surface area contributed by atoms with E-state index in [1.165, 1.54) is 25.8 Å². The maximum atomic E-state index is 3.23. The van der Waals surface area contributed by atoms with E-state index < -0.39 is 0 Å². The fraction of sp³-hybridized carbons (Fsp3) is 1.00. The highest BCUT2D eigenvalue weighted by Crippen LogP contribution is 2.23. The van der Waals surface area contributed by atoms with Crippen LogP contribution >= 0.6 is 0 Å². The molecule has 0 aromatic heterocycles. The highest BCUT2D eigenvalue weighted by Gasteiger charge is 2.13. The minimum Gasteiger partial charge on any atom is -0.320 e. The fourth-order valence-corrected chi connectivity index (χ4v) is 1.64. The smallest absolute Gasteiger partial charge is 0.00493 e. The third kappa shape index (κ3) is 6.09. The van der Waals surface area contributed by atoms with Crippen molar-refractivity contribution in [3.05, 3.63) is 0 Å². The van der Waals surface area contributed by atoms with Crippen LogP contribution in [0.1, 0.15) is 47.0 Å². The lowest BCUT2D eigenvalue weighted by atomic mass is 9.85. The van der Waals surface area contributed by atoms with Gasteiger partial charge in [-0.2, -0.15) is 0 Å². The maximum Gasteiger partial charge on any atom is -0.00493 e. The van der Waals surface area contributed by atoms with Gasteiger partial charge < -0.3 is 5.32 Å². The minimum atomic E-state index is 0.837. The van der Waals surface area contributed by atoms with Gasteiger partial charge in [0.05, 0.1) is 0 Å². The van der Waals surface area contributed by atoms with Gasteiger partial charge in [-0.05, 0) is 44.2 Å². The van der Waals surface area contributed by atoms with E-state index in [1.807, 2.05) is 7.05 Å². The monoisotopic (exact) mass is 185 g/mol. The van der Waals surface area contributed by atoms with Crippen LogP contribution < -0.4 is 5.32 Å². The Hall–Kier alpha value is -0.0400. The SMILES string of the molecule is CC[C@H](CCNC)C[C@@H](C)C(C)C. The first-order chi connectivity index (χ1) is 6.11. The predicted octanol–water partition coefficient (Wildman–Crippen LogP) is 3.30. The van der Waals surface area contributed by atoms with Crippen LogP contribution in [0.25, 0.3) is 0 Å². The molecule has 0 spiro atoms. The Morgan fingerprint density at radius 3 is 2.15 bits per heavy atom. The Labute approximate surface area is 84.3 Å². The van der Waals surface area contributed by atoms with Crippen LogP contribution in [0, 0.1) is 17.8 Å². The zero-order valence-electron chi connectivity index (χ0n) is 10.1. The first-order valence-electron chi connectivity index (χ1n) is 5.76. The van der Waals surface area contributed by atoms with Crippen LogP contribution in [-0.2, 0) is 0 Å². The van der Waals surface area contributed by atoms with Crippen molar-refractivity contribution in [2.75, 3.05) is 13.6 Å². The van der Waals surface area contributed by atoms with Gasteiger partial charge in [0.1, 0.15) is 0 Å². The van der Waals surface area contributed by atoms with Crippen molar-refractivity contribution < 1.29 is 0 Å². The molecule has 1 N–H and O–H groups in total. The van der Waals surface area contributed by atoms with Gasteiger partial charge in [0.25, 0.3) is 0 Å². The third-order valence-electron chi connectivity index (χ3n) is 3.22. The maximum absolute atomic E-state index is 3.23. The van der Waals surface area contributed by atoms with Gasteiger partial charge in [-0.15, -0.1) is 0 Å². The molecule has 0 aliphatic rings. The van der Waals surface area contributed by atoms with E-state index in [1.54, 1.807) is 0 Å². The zero-order valence-corrected chi connectivity index (χ0v) is 10.1. The molecule has 13 heavy (non-hydrogen) atoms. The lowest BCUT2D eigenvalue weighted by Crippen LogP contribution is -2.16. The van der Waals surface area contributed by atoms with Crippen molar-refractivity contribution in [1.29, 1.82) is 0 Å². The molecule has 0 radical (unpaired) electrons. The molecule has 0 bridgehead atoms. The van der Waals surface area contributed by atoms with Gasteiger partial charge in [-0.3, -0.25) is 0 Å². The molecule has 0 rings (SSSR count). The van der Waals surface area contributed by atoms with Gasteiger partial charge >= 0.3 is 0 Å². The van der Waals surface area contributed by atoms with Crippen LogP contribution in [0.2, 0.25) is 0 Å². The number of rotatable bonds is 7. The molecule has 2 atom stereocenters. The number of hydrogen-bond donors (Lipinski definition) is 1. The van der Waals surface area contributed by atoms with Crippen molar-refractivity contribution in [2.24, 2.45) is 17.8 Å². The summed E-state index contributed by atoms with van der Waals surface area (Å²) in [6.45, 7) is 10.5. The van der Waals surface area contributed by atoms with E-state index in [9.17, 15) is 0 Å². The summed E-state index contributed by atoms with van der Waals surface area (Å²) in [5.74, 6) is 2.63. The molecule has 0 saturated heterocycles. The van der Waals surface area contributed by atoms with Crippen molar-refractivity contribution in [3.8, 4) is 0 Å². The summed E-state index contributed by atoms with van der Waals surface area (Å²) in [7, 11) is 2.04. The molecular weight excluding hydrogens is 158 g/mol. The normalized spacial score (nSPS) is 16.2. The van der Waals surface area contributed by atoms with Crippen LogP contribution in [0.15, 0.2) is 0 Å². The molecule has 0 fully saturated rings. The minimum absolute atomic E-state index is 0.837. The summed E-state index contributed by atoms with van der Waals surface area (Å²) in [4.78, 5) is 0. The average Bonchev–Trinajstić information content (AvgIpc) is 2.11. The van der Waals surface area contributed by atoms with Crippen molar-refractivity contribution in [1.82, 2.24) is 5.32 Å². The summed E-state index contributed by atoms with van der Waals surface area (Å²) in [6.07, 6.45) is 4.07. The van der Waals surface area contributed by atoms with E-state index >= 15 is 0 Å². The highest BCUT2D eigenvalue weighted by atomic mass is 14.8. The summed E-state index contributed by atoms with van der Waals surface area (Å²) in [5.41, 5.74) is 0. The van der Waals surface area contributed by atoms with E-state index in [0.717, 1.165) is 17.8 Å². The van der Waals surface area contributed by atoms with Crippen molar-refractivity contribution in [2.45, 2.75) is 47.0 Å². The van der Waals surface area contributed by atoms with Crippen LogP contribution in [0.3, 0.4) is 0 Å². The summed E-state index contributed by atoms with van der Waals surface area (Å²) in [6, 6.07) is 0. The summed E-state index contributed by atoms with van der Waals surface area (Å²) in [5, 5.41) is 3.23. The summed E-state index contributed by atoms with van der Waals surface area (Å²) < 4.78 is 0. The van der Waals surface area contributed by atoms with Gasteiger partial charge in [0, 0.05) is 0 Å². The number of nitrogens with one attached hydrogen (secondary N) is 1. The lowest BCUT2D eigenvalue weighted by molar-refractivity contribution is 0.300. The third-order valence-corrected chi connectivity index (χ3v) is 3.22. The highest BCUT2D eigenvalue weighted by molar-refractivity contribution is 4.65. The first-order valence-corrected chi connectivity index (χ1v) is 5.76. The van der Waals surface area contributed by atoms with Crippen LogP contribution in [0.5, 0.6) is 0 Å².